The van der Waals surface area contributed by atoms with Gasteiger partial charge >= 0.3 is 0 Å². The van der Waals surface area contributed by atoms with Crippen LogP contribution in [0.2, 0.25) is 15.1 Å². The first-order valence-corrected chi connectivity index (χ1v) is 11.0. The zero-order valence-electron chi connectivity index (χ0n) is 16.9. The van der Waals surface area contributed by atoms with E-state index in [1.807, 2.05) is 54.7 Å². The summed E-state index contributed by atoms with van der Waals surface area (Å²) < 4.78 is 2.11. The van der Waals surface area contributed by atoms with Crippen LogP contribution in [0.1, 0.15) is 11.1 Å². The summed E-state index contributed by atoms with van der Waals surface area (Å²) >= 11 is 18.1. The summed E-state index contributed by atoms with van der Waals surface area (Å²) in [7, 11) is 0. The van der Waals surface area contributed by atoms with Crippen molar-refractivity contribution in [1.29, 1.82) is 0 Å². The topological polar surface area (TPSA) is 58.4 Å². The molecule has 0 spiro atoms. The van der Waals surface area contributed by atoms with Crippen LogP contribution < -0.4 is 10.7 Å². The number of hydrazone groups is 1. The zero-order chi connectivity index (χ0) is 22.5. The minimum absolute atomic E-state index is 0.0953. The molecule has 0 saturated carbocycles. The van der Waals surface area contributed by atoms with Gasteiger partial charge in [0, 0.05) is 39.9 Å². The van der Waals surface area contributed by atoms with Crippen molar-refractivity contribution in [2.45, 2.75) is 6.54 Å². The number of rotatable bonds is 7. The van der Waals surface area contributed by atoms with Crippen molar-refractivity contribution in [1.82, 2.24) is 9.99 Å². The molecule has 4 rings (SSSR count). The number of benzene rings is 3. The van der Waals surface area contributed by atoms with Gasteiger partial charge in [0.25, 0.3) is 5.91 Å². The summed E-state index contributed by atoms with van der Waals surface area (Å²) in [5.41, 5.74) is 6.33. The summed E-state index contributed by atoms with van der Waals surface area (Å²) in [4.78, 5) is 12.1. The second-order valence-corrected chi connectivity index (χ2v) is 8.38. The summed E-state index contributed by atoms with van der Waals surface area (Å²) in [6.45, 7) is 0.723. The Morgan fingerprint density at radius 1 is 0.969 bits per heavy atom. The van der Waals surface area contributed by atoms with E-state index in [1.54, 1.807) is 24.4 Å². The molecule has 0 bridgehead atoms. The summed E-state index contributed by atoms with van der Waals surface area (Å²) in [5, 5.41) is 9.88. The average molecular weight is 486 g/mol. The number of nitrogens with one attached hydrogen (secondary N) is 2. The Balaban J connectivity index is 1.44. The predicted octanol–water partition coefficient (Wildman–Crippen LogP) is 6.21. The normalized spacial score (nSPS) is 11.2. The van der Waals surface area contributed by atoms with Gasteiger partial charge in [-0.2, -0.15) is 5.10 Å². The first-order valence-electron chi connectivity index (χ1n) is 9.83. The van der Waals surface area contributed by atoms with E-state index < -0.39 is 0 Å². The molecule has 0 radical (unpaired) electrons. The molecule has 8 heteroatoms. The molecule has 0 saturated heterocycles. The molecule has 0 aliphatic rings. The highest BCUT2D eigenvalue weighted by molar-refractivity contribution is 6.42. The largest absolute Gasteiger partial charge is 0.376 e. The van der Waals surface area contributed by atoms with Gasteiger partial charge in [0.15, 0.2) is 0 Å². The third kappa shape index (κ3) is 5.43. The standard InChI is InChI=1S/C24H19Cl3N4O/c25-18-6-8-19(9-7-18)28-13-24(32)30-29-12-17-15-31(23-4-2-1-3-20(17)23)14-16-5-10-21(26)22(27)11-16/h1-12,15,28H,13-14H2,(H,30,32)/b29-12-. The molecule has 4 aromatic rings. The molecule has 0 aliphatic carbocycles. The van der Waals surface area contributed by atoms with Crippen molar-refractivity contribution in [2.24, 2.45) is 5.10 Å². The van der Waals surface area contributed by atoms with Crippen molar-refractivity contribution in [3.8, 4) is 0 Å². The molecular formula is C24H19Cl3N4O. The lowest BCUT2D eigenvalue weighted by Crippen LogP contribution is -2.25. The molecule has 0 atom stereocenters. The molecule has 5 nitrogen and oxygen atoms in total. The maximum absolute atomic E-state index is 12.1. The molecule has 3 aromatic carbocycles. The predicted molar refractivity (Wildman–Crippen MR) is 133 cm³/mol. The van der Waals surface area contributed by atoms with Crippen LogP contribution in [0.25, 0.3) is 10.9 Å². The molecule has 1 heterocycles. The number of carbonyl (C=O) groups excluding carboxylic acids is 1. The Morgan fingerprint density at radius 3 is 2.53 bits per heavy atom. The number of fused-ring (bicyclic) bond motifs is 1. The Kier molecular flexibility index (Phi) is 7.00. The lowest BCUT2D eigenvalue weighted by Gasteiger charge is -2.06. The lowest BCUT2D eigenvalue weighted by molar-refractivity contribution is -0.119. The number of anilines is 1. The molecule has 0 aliphatic heterocycles. The van der Waals surface area contributed by atoms with Gasteiger partial charge in [-0.1, -0.05) is 59.1 Å². The van der Waals surface area contributed by atoms with Gasteiger partial charge in [0.05, 0.1) is 22.8 Å². The maximum Gasteiger partial charge on any atom is 0.259 e. The maximum atomic E-state index is 12.1. The molecule has 1 aromatic heterocycles. The Bertz CT molecular complexity index is 1280. The van der Waals surface area contributed by atoms with Crippen LogP contribution in [0.15, 0.2) is 78.0 Å². The minimum Gasteiger partial charge on any atom is -0.376 e. The van der Waals surface area contributed by atoms with Crippen LogP contribution in [0.5, 0.6) is 0 Å². The number of amides is 1. The highest BCUT2D eigenvalue weighted by Crippen LogP contribution is 2.25. The van der Waals surface area contributed by atoms with Crippen LogP contribution in [-0.4, -0.2) is 23.2 Å². The fraction of sp³-hybridized carbons (Fsp3) is 0.0833. The quantitative estimate of drug-likeness (QED) is 0.241. The Morgan fingerprint density at radius 2 is 1.75 bits per heavy atom. The first-order chi connectivity index (χ1) is 15.5. The second-order valence-electron chi connectivity index (χ2n) is 7.13. The smallest absolute Gasteiger partial charge is 0.259 e. The fourth-order valence-corrected chi connectivity index (χ4v) is 3.75. The summed E-state index contributed by atoms with van der Waals surface area (Å²) in [5.74, 6) is -0.254. The van der Waals surface area contributed by atoms with E-state index in [-0.39, 0.29) is 12.5 Å². The van der Waals surface area contributed by atoms with E-state index in [2.05, 4.69) is 20.4 Å². The van der Waals surface area contributed by atoms with E-state index in [0.29, 0.717) is 21.6 Å². The van der Waals surface area contributed by atoms with Crippen LogP contribution >= 0.6 is 34.8 Å². The van der Waals surface area contributed by atoms with E-state index in [1.165, 1.54) is 0 Å². The molecule has 162 valence electrons. The van der Waals surface area contributed by atoms with Gasteiger partial charge in [-0.3, -0.25) is 4.79 Å². The zero-order valence-corrected chi connectivity index (χ0v) is 19.1. The van der Waals surface area contributed by atoms with Gasteiger partial charge < -0.3 is 9.88 Å². The van der Waals surface area contributed by atoms with Gasteiger partial charge in [0.2, 0.25) is 0 Å². The van der Waals surface area contributed by atoms with Crippen LogP contribution in [0, 0.1) is 0 Å². The van der Waals surface area contributed by atoms with E-state index in [4.69, 9.17) is 34.8 Å². The first kappa shape index (κ1) is 22.2. The monoisotopic (exact) mass is 484 g/mol. The van der Waals surface area contributed by atoms with E-state index in [0.717, 1.165) is 27.7 Å². The highest BCUT2D eigenvalue weighted by atomic mass is 35.5. The number of halogens is 3. The summed E-state index contributed by atoms with van der Waals surface area (Å²) in [6, 6.07) is 20.7. The number of nitrogens with zero attached hydrogens (tertiary/aromatic N) is 2. The van der Waals surface area contributed by atoms with Gasteiger partial charge in [0.1, 0.15) is 0 Å². The van der Waals surface area contributed by atoms with Crippen LogP contribution in [0.3, 0.4) is 0 Å². The van der Waals surface area contributed by atoms with Crippen molar-refractivity contribution in [2.75, 3.05) is 11.9 Å². The second kappa shape index (κ2) is 10.1. The average Bonchev–Trinajstić information content (AvgIpc) is 3.13. The third-order valence-corrected chi connectivity index (χ3v) is 5.84. The van der Waals surface area contributed by atoms with Crippen LogP contribution in [-0.2, 0) is 11.3 Å². The molecule has 32 heavy (non-hydrogen) atoms. The van der Waals surface area contributed by atoms with Gasteiger partial charge in [-0.05, 0) is 48.0 Å². The molecule has 2 N–H and O–H groups in total. The van der Waals surface area contributed by atoms with Crippen molar-refractivity contribution < 1.29 is 4.79 Å². The van der Waals surface area contributed by atoms with E-state index in [9.17, 15) is 4.79 Å². The van der Waals surface area contributed by atoms with Gasteiger partial charge in [-0.25, -0.2) is 5.43 Å². The number of carbonyl (C=O) groups is 1. The van der Waals surface area contributed by atoms with E-state index >= 15 is 0 Å². The Labute approximate surface area is 200 Å². The minimum atomic E-state index is -0.254. The van der Waals surface area contributed by atoms with Gasteiger partial charge in [-0.15, -0.1) is 0 Å². The molecule has 0 fully saturated rings. The Hall–Kier alpha value is -2.99. The van der Waals surface area contributed by atoms with Crippen molar-refractivity contribution >= 4 is 63.5 Å². The SMILES string of the molecule is O=C(CNc1ccc(Cl)cc1)N/N=C\c1cn(Cc2ccc(Cl)c(Cl)c2)c2ccccc12. The number of aromatic nitrogens is 1. The van der Waals surface area contributed by atoms with Crippen molar-refractivity contribution in [3.05, 3.63) is 99.1 Å². The number of para-hydroxylation sites is 1. The van der Waals surface area contributed by atoms with Crippen LogP contribution in [0.4, 0.5) is 5.69 Å². The van der Waals surface area contributed by atoms with Crippen molar-refractivity contribution in [3.63, 3.8) is 0 Å². The number of hydrogen-bond acceptors (Lipinski definition) is 3. The molecular weight excluding hydrogens is 467 g/mol. The third-order valence-electron chi connectivity index (χ3n) is 4.85. The molecule has 0 unspecified atom stereocenters. The summed E-state index contributed by atoms with van der Waals surface area (Å²) in [6.07, 6.45) is 3.64. The fourth-order valence-electron chi connectivity index (χ4n) is 3.31. The molecule has 1 amide bonds. The highest BCUT2D eigenvalue weighted by Gasteiger charge is 2.08. The number of hydrogen-bond donors (Lipinski definition) is 2. The lowest BCUT2D eigenvalue weighted by atomic mass is 10.2.